The van der Waals surface area contributed by atoms with Gasteiger partial charge in [0, 0.05) is 5.56 Å². The fourth-order valence-electron chi connectivity index (χ4n) is 2.38. The summed E-state index contributed by atoms with van der Waals surface area (Å²) in [5.74, 6) is -0.350. The Labute approximate surface area is 158 Å². The zero-order valence-corrected chi connectivity index (χ0v) is 15.6. The lowest BCUT2D eigenvalue weighted by Crippen LogP contribution is -2.45. The van der Waals surface area contributed by atoms with Crippen LogP contribution >= 0.6 is 0 Å². The molecule has 0 spiro atoms. The van der Waals surface area contributed by atoms with Crippen LogP contribution in [-0.4, -0.2) is 25.0 Å². The van der Waals surface area contributed by atoms with Crippen LogP contribution in [0, 0.1) is 17.2 Å². The third-order valence-corrected chi connectivity index (χ3v) is 4.02. The first-order valence-electron chi connectivity index (χ1n) is 8.55. The van der Waals surface area contributed by atoms with Gasteiger partial charge in [-0.15, -0.1) is 0 Å². The molecule has 2 aromatic carbocycles. The van der Waals surface area contributed by atoms with Crippen molar-refractivity contribution in [3.63, 3.8) is 0 Å². The molecule has 2 aromatic rings. The number of rotatable bonds is 7. The van der Waals surface area contributed by atoms with Gasteiger partial charge < -0.3 is 14.8 Å². The van der Waals surface area contributed by atoms with E-state index < -0.39 is 12.0 Å². The minimum atomic E-state index is -0.766. The Hall–Kier alpha value is -3.33. The summed E-state index contributed by atoms with van der Waals surface area (Å²) in [4.78, 5) is 24.9. The predicted octanol–water partition coefficient (Wildman–Crippen LogP) is 3.06. The van der Waals surface area contributed by atoms with Crippen molar-refractivity contribution in [1.82, 2.24) is 5.32 Å². The van der Waals surface area contributed by atoms with Gasteiger partial charge in [0.15, 0.2) is 0 Å². The van der Waals surface area contributed by atoms with Crippen LogP contribution in [0.4, 0.5) is 0 Å². The second-order valence-electron chi connectivity index (χ2n) is 6.34. The number of ether oxygens (including phenoxy) is 2. The maximum atomic E-state index is 12.4. The van der Waals surface area contributed by atoms with Crippen LogP contribution in [0.1, 0.15) is 35.3 Å². The molecule has 140 valence electrons. The smallest absolute Gasteiger partial charge is 0.329 e. The summed E-state index contributed by atoms with van der Waals surface area (Å²) >= 11 is 0. The molecule has 6 heteroatoms. The fourth-order valence-corrected chi connectivity index (χ4v) is 2.38. The second-order valence-corrected chi connectivity index (χ2v) is 6.34. The number of nitrogens with one attached hydrogen (secondary N) is 1. The van der Waals surface area contributed by atoms with Gasteiger partial charge in [0.1, 0.15) is 18.4 Å². The molecule has 0 aliphatic heterocycles. The Bertz CT molecular complexity index is 821. The maximum Gasteiger partial charge on any atom is 0.329 e. The number of nitrogens with zero attached hydrogens (tertiary/aromatic N) is 1. The van der Waals surface area contributed by atoms with E-state index in [0.29, 0.717) is 16.9 Å². The van der Waals surface area contributed by atoms with Gasteiger partial charge in [-0.1, -0.05) is 26.0 Å². The van der Waals surface area contributed by atoms with Crippen molar-refractivity contribution < 1.29 is 19.1 Å². The summed E-state index contributed by atoms with van der Waals surface area (Å²) < 4.78 is 10.4. The van der Waals surface area contributed by atoms with Gasteiger partial charge in [-0.2, -0.15) is 5.26 Å². The van der Waals surface area contributed by atoms with E-state index in [1.807, 2.05) is 19.9 Å². The first-order valence-corrected chi connectivity index (χ1v) is 8.55. The summed E-state index contributed by atoms with van der Waals surface area (Å²) in [5, 5.41) is 11.5. The van der Waals surface area contributed by atoms with E-state index in [1.165, 1.54) is 0 Å². The number of carbonyl (C=O) groups excluding carboxylic acids is 2. The number of hydrogen-bond acceptors (Lipinski definition) is 5. The van der Waals surface area contributed by atoms with E-state index in [9.17, 15) is 9.59 Å². The highest BCUT2D eigenvalue weighted by Gasteiger charge is 2.26. The Morgan fingerprint density at radius 3 is 2.22 bits per heavy atom. The Balaban J connectivity index is 1.98. The molecule has 1 amide bonds. The van der Waals surface area contributed by atoms with E-state index >= 15 is 0 Å². The highest BCUT2D eigenvalue weighted by atomic mass is 16.5. The number of nitriles is 1. The molecule has 0 aliphatic rings. The van der Waals surface area contributed by atoms with E-state index in [2.05, 4.69) is 5.32 Å². The fraction of sp³-hybridized carbons (Fsp3) is 0.286. The van der Waals surface area contributed by atoms with Crippen molar-refractivity contribution in [2.75, 3.05) is 7.11 Å². The number of methoxy groups -OCH3 is 1. The number of benzene rings is 2. The number of esters is 1. The zero-order valence-electron chi connectivity index (χ0n) is 15.6. The van der Waals surface area contributed by atoms with E-state index in [1.54, 1.807) is 55.6 Å². The first kappa shape index (κ1) is 20.0. The zero-order chi connectivity index (χ0) is 19.8. The monoisotopic (exact) mass is 366 g/mol. The van der Waals surface area contributed by atoms with Crippen molar-refractivity contribution in [2.24, 2.45) is 5.92 Å². The Morgan fingerprint density at radius 1 is 1.07 bits per heavy atom. The summed E-state index contributed by atoms with van der Waals surface area (Å²) in [6.07, 6.45) is 0. The molecule has 0 unspecified atom stereocenters. The first-order chi connectivity index (χ1) is 12.9. The minimum absolute atomic E-state index is 0.0756. The van der Waals surface area contributed by atoms with Crippen LogP contribution in [0.3, 0.4) is 0 Å². The van der Waals surface area contributed by atoms with Gasteiger partial charge >= 0.3 is 5.97 Å². The maximum absolute atomic E-state index is 12.4. The van der Waals surface area contributed by atoms with Gasteiger partial charge in [-0.3, -0.25) is 4.79 Å². The summed E-state index contributed by atoms with van der Waals surface area (Å²) in [7, 11) is 1.55. The number of carbonyl (C=O) groups is 2. The third kappa shape index (κ3) is 5.58. The van der Waals surface area contributed by atoms with Gasteiger partial charge in [0.25, 0.3) is 5.91 Å². The molecule has 0 radical (unpaired) electrons. The van der Waals surface area contributed by atoms with Crippen LogP contribution in [0.5, 0.6) is 5.75 Å². The number of amides is 1. The Kier molecular flexibility index (Phi) is 6.95. The lowest BCUT2D eigenvalue weighted by molar-refractivity contribution is -0.148. The second kappa shape index (κ2) is 9.39. The molecule has 0 saturated heterocycles. The lowest BCUT2D eigenvalue weighted by atomic mass is 10.0. The topological polar surface area (TPSA) is 88.4 Å². The van der Waals surface area contributed by atoms with Gasteiger partial charge in [-0.25, -0.2) is 4.79 Å². The standard InChI is InChI=1S/C21H22N2O4/c1-14(2)19(23-20(24)17-8-10-18(26-3)11-9-17)21(25)27-13-16-6-4-15(12-22)5-7-16/h4-11,14,19H,13H2,1-3H3,(H,23,24)/t19-/m0/s1. The van der Waals surface area contributed by atoms with E-state index in [0.717, 1.165) is 5.56 Å². The van der Waals surface area contributed by atoms with Crippen LogP contribution in [-0.2, 0) is 16.1 Å². The van der Waals surface area contributed by atoms with Crippen molar-refractivity contribution in [3.8, 4) is 11.8 Å². The summed E-state index contributed by atoms with van der Waals surface area (Å²) in [6, 6.07) is 14.7. The molecule has 2 rings (SSSR count). The predicted molar refractivity (Wildman–Crippen MR) is 100 cm³/mol. The molecule has 0 heterocycles. The number of hydrogen-bond donors (Lipinski definition) is 1. The molecule has 1 N–H and O–H groups in total. The summed E-state index contributed by atoms with van der Waals surface area (Å²) in [6.45, 7) is 3.75. The normalized spacial score (nSPS) is 11.4. The average Bonchev–Trinajstić information content (AvgIpc) is 2.70. The Morgan fingerprint density at radius 2 is 1.70 bits per heavy atom. The lowest BCUT2D eigenvalue weighted by Gasteiger charge is -2.21. The molecule has 27 heavy (non-hydrogen) atoms. The van der Waals surface area contributed by atoms with Crippen LogP contribution in [0.15, 0.2) is 48.5 Å². The van der Waals surface area contributed by atoms with E-state index in [4.69, 9.17) is 14.7 Å². The van der Waals surface area contributed by atoms with Crippen LogP contribution in [0.25, 0.3) is 0 Å². The molecule has 6 nitrogen and oxygen atoms in total. The molecule has 0 aromatic heterocycles. The highest BCUT2D eigenvalue weighted by Crippen LogP contribution is 2.13. The molecule has 0 aliphatic carbocycles. The van der Waals surface area contributed by atoms with Gasteiger partial charge in [0.05, 0.1) is 18.7 Å². The molecule has 0 fully saturated rings. The molecule has 0 saturated carbocycles. The molecular weight excluding hydrogens is 344 g/mol. The molecule has 1 atom stereocenters. The van der Waals surface area contributed by atoms with Crippen molar-refractivity contribution in [2.45, 2.75) is 26.5 Å². The van der Waals surface area contributed by atoms with Gasteiger partial charge in [0.2, 0.25) is 0 Å². The highest BCUT2D eigenvalue weighted by molar-refractivity contribution is 5.96. The van der Waals surface area contributed by atoms with Crippen LogP contribution in [0.2, 0.25) is 0 Å². The van der Waals surface area contributed by atoms with Crippen molar-refractivity contribution >= 4 is 11.9 Å². The minimum Gasteiger partial charge on any atom is -0.497 e. The average molecular weight is 366 g/mol. The molecule has 0 bridgehead atoms. The SMILES string of the molecule is COc1ccc(C(=O)N[C@H](C(=O)OCc2ccc(C#N)cc2)C(C)C)cc1. The van der Waals surface area contributed by atoms with E-state index in [-0.39, 0.29) is 18.4 Å². The quantitative estimate of drug-likeness (QED) is 0.761. The van der Waals surface area contributed by atoms with Crippen molar-refractivity contribution in [1.29, 1.82) is 5.26 Å². The van der Waals surface area contributed by atoms with Gasteiger partial charge in [-0.05, 0) is 47.9 Å². The summed E-state index contributed by atoms with van der Waals surface area (Å²) in [5.41, 5.74) is 1.74. The molecular formula is C21H22N2O4. The third-order valence-electron chi connectivity index (χ3n) is 4.02. The largest absolute Gasteiger partial charge is 0.497 e. The van der Waals surface area contributed by atoms with Crippen LogP contribution < -0.4 is 10.1 Å². The van der Waals surface area contributed by atoms with Crippen molar-refractivity contribution in [3.05, 3.63) is 65.2 Å².